The van der Waals surface area contributed by atoms with Crippen molar-refractivity contribution in [2.24, 2.45) is 0 Å². The van der Waals surface area contributed by atoms with Crippen LogP contribution in [0.1, 0.15) is 54.9 Å². The quantitative estimate of drug-likeness (QED) is 0.0691. The number of aliphatic hydroxyl groups excluding tert-OH is 1. The Morgan fingerprint density at radius 1 is 1.00 bits per heavy atom. The number of aromatic hydroxyl groups is 1. The normalized spacial score (nSPS) is 18.1. The van der Waals surface area contributed by atoms with Crippen molar-refractivity contribution >= 4 is 45.9 Å². The Kier molecular flexibility index (Phi) is 11.6. The molecule has 0 aliphatic carbocycles. The monoisotopic (exact) mass is 779 g/mol. The molecule has 12 nitrogen and oxygen atoms in total. The molecule has 292 valence electrons. The van der Waals surface area contributed by atoms with E-state index in [9.17, 15) is 29.7 Å². The van der Waals surface area contributed by atoms with E-state index in [0.29, 0.717) is 58.0 Å². The number of aliphatic hydroxyl groups is 1. The number of halogens is 1. The number of carboxylic acid groups (broad SMARTS) is 1. The first-order valence-corrected chi connectivity index (χ1v) is 19.3. The number of methoxy groups -OCH3 is 1. The van der Waals surface area contributed by atoms with Crippen molar-refractivity contribution in [3.8, 4) is 22.6 Å². The second-order valence-corrected chi connectivity index (χ2v) is 15.0. The minimum absolute atomic E-state index is 0.0837. The highest BCUT2D eigenvalue weighted by atomic mass is 35.5. The molecule has 56 heavy (non-hydrogen) atoms. The first-order chi connectivity index (χ1) is 27.0. The Labute approximate surface area is 329 Å². The third-order valence-electron chi connectivity index (χ3n) is 11.2. The molecule has 2 amide bonds. The number of fused-ring (bicyclic) bond motifs is 4. The Morgan fingerprint density at radius 2 is 1.75 bits per heavy atom. The molecule has 1 aromatic heterocycles. The highest BCUT2D eigenvalue weighted by Gasteiger charge is 2.47. The molecule has 3 saturated heterocycles. The van der Waals surface area contributed by atoms with Crippen LogP contribution in [0, 0.1) is 0 Å². The van der Waals surface area contributed by atoms with Crippen LogP contribution >= 0.6 is 11.6 Å². The summed E-state index contributed by atoms with van der Waals surface area (Å²) in [4.78, 5) is 44.6. The Hall–Kier alpha value is -5.40. The van der Waals surface area contributed by atoms with E-state index in [0.717, 1.165) is 55.6 Å². The number of aryl methyl sites for hydroxylation is 1. The molecular formula is C43H46ClN5O7. The minimum Gasteiger partial charge on any atom is -0.506 e. The van der Waals surface area contributed by atoms with E-state index < -0.39 is 17.7 Å². The van der Waals surface area contributed by atoms with Crippen molar-refractivity contribution in [1.29, 1.82) is 0 Å². The van der Waals surface area contributed by atoms with E-state index in [1.54, 1.807) is 29.2 Å². The van der Waals surface area contributed by atoms with Crippen LogP contribution in [0.3, 0.4) is 0 Å². The molecule has 0 spiro atoms. The van der Waals surface area contributed by atoms with Crippen molar-refractivity contribution in [3.63, 3.8) is 0 Å². The van der Waals surface area contributed by atoms with Gasteiger partial charge in [-0.05, 0) is 73.1 Å². The molecule has 8 rings (SSSR count). The van der Waals surface area contributed by atoms with E-state index in [1.807, 2.05) is 48.5 Å². The predicted octanol–water partition coefficient (Wildman–Crippen LogP) is 7.07. The lowest BCUT2D eigenvalue weighted by atomic mass is 9.78. The van der Waals surface area contributed by atoms with Crippen LogP contribution in [0.5, 0.6) is 11.5 Å². The fourth-order valence-electron chi connectivity index (χ4n) is 8.17. The molecular weight excluding hydrogens is 734 g/mol. The number of H-pyrrole nitrogens is 1. The van der Waals surface area contributed by atoms with Crippen LogP contribution in [-0.2, 0) is 17.8 Å². The molecule has 0 saturated carbocycles. The standard InChI is InChI=1S/C43H46ClN5O7/c1-56-38-24-34(33(44)23-29(38)25-45-26-37(51)31-12-14-36(50)41-32(31)13-15-40(53)47-41)46-39(52)9-5-6-27-10-11-30(28-7-3-2-4-8-28)35(22-27)49(42(54)55)43-16-19-48(20-17-43)21-18-43/h2-4,7-8,10-15,22-24,37,45,50-51H,5-6,9,16-21,25-26H2,1H3,(H,46,52)(H,47,53)(H,54,55)/t37-/m1/s1. The lowest BCUT2D eigenvalue weighted by Crippen LogP contribution is -2.62. The lowest BCUT2D eigenvalue weighted by molar-refractivity contribution is -0.116. The number of ether oxygens (including phenoxy) is 1. The number of phenols is 1. The summed E-state index contributed by atoms with van der Waals surface area (Å²) in [7, 11) is 1.52. The van der Waals surface area contributed by atoms with Crippen molar-refractivity contribution in [2.75, 3.05) is 43.5 Å². The molecule has 2 bridgehead atoms. The number of hydrogen-bond acceptors (Lipinski definition) is 8. The number of aromatic nitrogens is 1. The number of amides is 2. The van der Waals surface area contributed by atoms with E-state index in [4.69, 9.17) is 16.3 Å². The van der Waals surface area contributed by atoms with Gasteiger partial charge < -0.3 is 40.6 Å². The van der Waals surface area contributed by atoms with E-state index >= 15 is 0 Å². The molecule has 3 fully saturated rings. The highest BCUT2D eigenvalue weighted by Crippen LogP contribution is 2.44. The fourth-order valence-corrected chi connectivity index (χ4v) is 8.41. The number of nitrogens with zero attached hydrogens (tertiary/aromatic N) is 2. The van der Waals surface area contributed by atoms with Gasteiger partial charge in [0.1, 0.15) is 11.5 Å². The van der Waals surface area contributed by atoms with Crippen LogP contribution in [0.4, 0.5) is 16.2 Å². The maximum absolute atomic E-state index is 13.2. The molecule has 6 N–H and O–H groups in total. The van der Waals surface area contributed by atoms with Gasteiger partial charge in [0.15, 0.2) is 0 Å². The molecule has 13 heteroatoms. The minimum atomic E-state index is -0.946. The zero-order chi connectivity index (χ0) is 39.4. The number of carbonyl (C=O) groups is 2. The van der Waals surface area contributed by atoms with Gasteiger partial charge in [-0.25, -0.2) is 4.79 Å². The zero-order valence-corrected chi connectivity index (χ0v) is 31.9. The van der Waals surface area contributed by atoms with E-state index in [-0.39, 0.29) is 35.7 Å². The summed E-state index contributed by atoms with van der Waals surface area (Å²) in [5.74, 6) is 0.197. The van der Waals surface area contributed by atoms with Crippen LogP contribution in [-0.4, -0.2) is 76.0 Å². The number of nitrogens with one attached hydrogen (secondary N) is 3. The number of hydrogen-bond donors (Lipinski definition) is 6. The van der Waals surface area contributed by atoms with Crippen molar-refractivity contribution in [3.05, 3.63) is 117 Å². The number of anilines is 2. The summed E-state index contributed by atoms with van der Waals surface area (Å²) in [5, 5.41) is 38.8. The Bertz CT molecular complexity index is 2280. The van der Waals surface area contributed by atoms with Gasteiger partial charge in [-0.2, -0.15) is 0 Å². The third-order valence-corrected chi connectivity index (χ3v) is 11.5. The van der Waals surface area contributed by atoms with Gasteiger partial charge in [0, 0.05) is 67.8 Å². The molecule has 1 atom stereocenters. The second-order valence-electron chi connectivity index (χ2n) is 14.6. The summed E-state index contributed by atoms with van der Waals surface area (Å²) in [6.45, 7) is 3.13. The maximum Gasteiger partial charge on any atom is 0.412 e. The number of benzene rings is 4. The van der Waals surface area contributed by atoms with Gasteiger partial charge in [0.25, 0.3) is 0 Å². The first-order valence-electron chi connectivity index (χ1n) is 18.9. The van der Waals surface area contributed by atoms with Crippen LogP contribution in [0.15, 0.2) is 89.7 Å². The summed E-state index contributed by atoms with van der Waals surface area (Å²) in [6, 6.07) is 25.2. The average molecular weight is 780 g/mol. The molecule has 3 aliphatic rings. The van der Waals surface area contributed by atoms with Gasteiger partial charge in [0.05, 0.1) is 40.7 Å². The maximum atomic E-state index is 13.2. The van der Waals surface area contributed by atoms with Gasteiger partial charge >= 0.3 is 6.09 Å². The SMILES string of the molecule is COc1cc(NC(=O)CCCc2ccc(-c3ccccc3)c(N(C(=O)O)C34CCN(CC3)CC4)c2)c(Cl)cc1CNC[C@@H](O)c1ccc(O)c2[nH]c(=O)ccc12. The zero-order valence-electron chi connectivity index (χ0n) is 31.2. The number of piperidine rings is 3. The Morgan fingerprint density at radius 3 is 2.46 bits per heavy atom. The first kappa shape index (κ1) is 38.9. The average Bonchev–Trinajstić information content (AvgIpc) is 3.20. The highest BCUT2D eigenvalue weighted by molar-refractivity contribution is 6.33. The van der Waals surface area contributed by atoms with E-state index in [2.05, 4.69) is 20.5 Å². The fraction of sp³-hybridized carbons (Fsp3) is 0.326. The lowest BCUT2D eigenvalue weighted by Gasteiger charge is -2.53. The summed E-state index contributed by atoms with van der Waals surface area (Å²) in [5.41, 5.74) is 4.60. The van der Waals surface area contributed by atoms with Crippen molar-refractivity contribution < 1.29 is 29.6 Å². The summed E-state index contributed by atoms with van der Waals surface area (Å²) in [6.07, 6.45) is 1.85. The second kappa shape index (κ2) is 16.8. The molecule has 0 radical (unpaired) electrons. The number of aromatic amines is 1. The van der Waals surface area contributed by atoms with Crippen LogP contribution in [0.25, 0.3) is 22.0 Å². The van der Waals surface area contributed by atoms with Crippen molar-refractivity contribution in [1.82, 2.24) is 15.2 Å². The summed E-state index contributed by atoms with van der Waals surface area (Å²) < 4.78 is 5.61. The molecule has 4 heterocycles. The van der Waals surface area contributed by atoms with Gasteiger partial charge in [-0.1, -0.05) is 60.1 Å². The topological polar surface area (TPSA) is 167 Å². The largest absolute Gasteiger partial charge is 0.506 e. The number of carbonyl (C=O) groups excluding carboxylic acids is 1. The predicted molar refractivity (Wildman–Crippen MR) is 218 cm³/mol. The van der Waals surface area contributed by atoms with Gasteiger partial charge in [0.2, 0.25) is 11.5 Å². The van der Waals surface area contributed by atoms with Gasteiger partial charge in [-0.15, -0.1) is 0 Å². The number of phenolic OH excluding ortho intramolecular Hbond substituents is 1. The van der Waals surface area contributed by atoms with Crippen molar-refractivity contribution in [2.45, 2.75) is 56.7 Å². The number of pyridine rings is 1. The number of rotatable bonds is 14. The molecule has 3 aliphatic heterocycles. The molecule has 5 aromatic rings. The van der Waals surface area contributed by atoms with E-state index in [1.165, 1.54) is 19.2 Å². The third kappa shape index (κ3) is 8.24. The smallest absolute Gasteiger partial charge is 0.412 e. The van der Waals surface area contributed by atoms with Crippen LogP contribution < -0.4 is 25.8 Å². The molecule has 4 aromatic carbocycles. The molecule has 0 unspecified atom stereocenters. The van der Waals surface area contributed by atoms with Crippen LogP contribution in [0.2, 0.25) is 5.02 Å². The Balaban J connectivity index is 0.989. The van der Waals surface area contributed by atoms with Gasteiger partial charge in [-0.3, -0.25) is 14.5 Å². The summed E-state index contributed by atoms with van der Waals surface area (Å²) >= 11 is 6.64.